The van der Waals surface area contributed by atoms with Gasteiger partial charge in [0.05, 0.1) is 13.2 Å². The van der Waals surface area contributed by atoms with Gasteiger partial charge in [-0.25, -0.2) is 0 Å². The number of hydrogen-bond acceptors (Lipinski definition) is 2. The molecule has 0 bridgehead atoms. The quantitative estimate of drug-likeness (QED) is 0.635. The van der Waals surface area contributed by atoms with Crippen molar-refractivity contribution >= 4 is 0 Å². The lowest BCUT2D eigenvalue weighted by Crippen LogP contribution is -2.45. The second kappa shape index (κ2) is 2.73. The summed E-state index contributed by atoms with van der Waals surface area (Å²) in [5.74, 6) is 0. The molecule has 2 heteroatoms. The van der Waals surface area contributed by atoms with Crippen molar-refractivity contribution in [2.45, 2.75) is 51.1 Å². The van der Waals surface area contributed by atoms with Crippen LogP contribution in [0, 0.1) is 5.41 Å². The molecule has 2 aliphatic carbocycles. The minimum atomic E-state index is 0.459. The van der Waals surface area contributed by atoms with Crippen molar-refractivity contribution in [1.82, 2.24) is 4.90 Å². The van der Waals surface area contributed by atoms with E-state index in [0.717, 1.165) is 13.2 Å². The Morgan fingerprint density at radius 1 is 1.07 bits per heavy atom. The van der Waals surface area contributed by atoms with Crippen LogP contribution in [0.5, 0.6) is 0 Å². The molecule has 0 radical (unpaired) electrons. The third kappa shape index (κ3) is 1.31. The van der Waals surface area contributed by atoms with Crippen LogP contribution in [-0.2, 0) is 4.74 Å². The number of hydrogen-bond donors (Lipinski definition) is 0. The van der Waals surface area contributed by atoms with Crippen molar-refractivity contribution in [2.24, 2.45) is 5.41 Å². The van der Waals surface area contributed by atoms with Gasteiger partial charge in [-0.1, -0.05) is 0 Å². The summed E-state index contributed by atoms with van der Waals surface area (Å²) in [6.45, 7) is 7.98. The summed E-state index contributed by atoms with van der Waals surface area (Å²) in [6.07, 6.45) is 5.52. The molecule has 0 N–H and O–H groups in total. The van der Waals surface area contributed by atoms with Gasteiger partial charge in [-0.15, -0.1) is 0 Å². The van der Waals surface area contributed by atoms with Crippen LogP contribution >= 0.6 is 0 Å². The average Bonchev–Trinajstić information content (AvgIpc) is 2.99. The molecular formula is C12H21NO. The Bertz CT molecular complexity index is 241. The average molecular weight is 195 g/mol. The number of nitrogens with zero attached hydrogens (tertiary/aromatic N) is 1. The van der Waals surface area contributed by atoms with Gasteiger partial charge >= 0.3 is 0 Å². The van der Waals surface area contributed by atoms with E-state index >= 15 is 0 Å². The van der Waals surface area contributed by atoms with Crippen LogP contribution in [0.25, 0.3) is 0 Å². The van der Waals surface area contributed by atoms with Crippen LogP contribution in [0.4, 0.5) is 0 Å². The minimum Gasteiger partial charge on any atom is -0.379 e. The van der Waals surface area contributed by atoms with Crippen molar-refractivity contribution < 1.29 is 4.74 Å². The lowest BCUT2D eigenvalue weighted by Gasteiger charge is -2.34. The van der Waals surface area contributed by atoms with E-state index < -0.39 is 0 Å². The maximum Gasteiger partial charge on any atom is 0.0650 e. The van der Waals surface area contributed by atoms with E-state index in [-0.39, 0.29) is 0 Å². The summed E-state index contributed by atoms with van der Waals surface area (Å²) in [4.78, 5) is 2.73. The second-order valence-electron chi connectivity index (χ2n) is 5.94. The first kappa shape index (κ1) is 9.17. The molecule has 3 rings (SSSR count). The van der Waals surface area contributed by atoms with Crippen molar-refractivity contribution in [1.29, 1.82) is 0 Å². The van der Waals surface area contributed by atoms with E-state index in [9.17, 15) is 0 Å². The fourth-order valence-corrected chi connectivity index (χ4v) is 2.90. The fraction of sp³-hybridized carbons (Fsp3) is 1.00. The number of ether oxygens (including phenoxy) is 1. The molecule has 3 fully saturated rings. The van der Waals surface area contributed by atoms with E-state index in [4.69, 9.17) is 4.74 Å². The van der Waals surface area contributed by atoms with E-state index in [1.54, 1.807) is 0 Å². The summed E-state index contributed by atoms with van der Waals surface area (Å²) >= 11 is 0. The summed E-state index contributed by atoms with van der Waals surface area (Å²) in [5.41, 5.74) is 1.02. The van der Waals surface area contributed by atoms with E-state index in [1.165, 1.54) is 32.2 Å². The van der Waals surface area contributed by atoms with Crippen LogP contribution in [-0.4, -0.2) is 36.2 Å². The van der Waals surface area contributed by atoms with E-state index in [1.807, 2.05) is 0 Å². The summed E-state index contributed by atoms with van der Waals surface area (Å²) < 4.78 is 5.89. The molecular weight excluding hydrogens is 174 g/mol. The van der Waals surface area contributed by atoms with Gasteiger partial charge in [0.25, 0.3) is 0 Å². The molecule has 2 saturated carbocycles. The fourth-order valence-electron chi connectivity index (χ4n) is 2.90. The molecule has 0 aromatic rings. The highest BCUT2D eigenvalue weighted by Gasteiger charge is 2.56. The lowest BCUT2D eigenvalue weighted by molar-refractivity contribution is 0.0709. The zero-order chi connectivity index (χ0) is 9.81. The van der Waals surface area contributed by atoms with Crippen molar-refractivity contribution in [3.8, 4) is 0 Å². The van der Waals surface area contributed by atoms with Gasteiger partial charge in [-0.2, -0.15) is 0 Å². The monoisotopic (exact) mass is 195 g/mol. The first-order valence-electron chi connectivity index (χ1n) is 6.00. The Morgan fingerprint density at radius 2 is 1.79 bits per heavy atom. The molecule has 1 heterocycles. The molecule has 2 spiro atoms. The summed E-state index contributed by atoms with van der Waals surface area (Å²) in [7, 11) is 0. The Hall–Kier alpha value is -0.0800. The minimum absolute atomic E-state index is 0.459. The molecule has 3 aliphatic rings. The SMILES string of the molecule is CC(C)N1CC2(CC2)COCC12CC2. The first-order valence-corrected chi connectivity index (χ1v) is 6.00. The third-order valence-electron chi connectivity index (χ3n) is 4.30. The van der Waals surface area contributed by atoms with Crippen LogP contribution < -0.4 is 0 Å². The molecule has 0 aromatic carbocycles. The van der Waals surface area contributed by atoms with Crippen LogP contribution in [0.1, 0.15) is 39.5 Å². The largest absolute Gasteiger partial charge is 0.379 e. The summed E-state index contributed by atoms with van der Waals surface area (Å²) in [5, 5.41) is 0. The highest BCUT2D eigenvalue weighted by atomic mass is 16.5. The van der Waals surface area contributed by atoms with Crippen molar-refractivity contribution in [2.75, 3.05) is 19.8 Å². The Balaban J connectivity index is 1.81. The van der Waals surface area contributed by atoms with Crippen LogP contribution in [0.15, 0.2) is 0 Å². The molecule has 1 saturated heterocycles. The molecule has 0 unspecified atom stereocenters. The van der Waals surface area contributed by atoms with Gasteiger partial charge in [0, 0.05) is 23.5 Å². The van der Waals surface area contributed by atoms with Gasteiger partial charge in [0.1, 0.15) is 0 Å². The highest BCUT2D eigenvalue weighted by Crippen LogP contribution is 2.53. The van der Waals surface area contributed by atoms with E-state index in [0.29, 0.717) is 17.0 Å². The summed E-state index contributed by atoms with van der Waals surface area (Å²) in [6, 6.07) is 0.691. The predicted molar refractivity (Wildman–Crippen MR) is 56.3 cm³/mol. The maximum absolute atomic E-state index is 5.89. The third-order valence-corrected chi connectivity index (χ3v) is 4.30. The van der Waals surface area contributed by atoms with Crippen molar-refractivity contribution in [3.05, 3.63) is 0 Å². The second-order valence-corrected chi connectivity index (χ2v) is 5.94. The predicted octanol–water partition coefficient (Wildman–Crippen LogP) is 2.04. The first-order chi connectivity index (χ1) is 6.66. The van der Waals surface area contributed by atoms with Crippen LogP contribution in [0.3, 0.4) is 0 Å². The smallest absolute Gasteiger partial charge is 0.0650 e. The van der Waals surface area contributed by atoms with Gasteiger partial charge in [-0.3, -0.25) is 4.90 Å². The molecule has 80 valence electrons. The molecule has 14 heavy (non-hydrogen) atoms. The van der Waals surface area contributed by atoms with Crippen LogP contribution in [0.2, 0.25) is 0 Å². The van der Waals surface area contributed by atoms with Gasteiger partial charge in [0.2, 0.25) is 0 Å². The topological polar surface area (TPSA) is 12.5 Å². The molecule has 0 atom stereocenters. The van der Waals surface area contributed by atoms with Crippen molar-refractivity contribution in [3.63, 3.8) is 0 Å². The Labute approximate surface area is 86.6 Å². The maximum atomic E-state index is 5.89. The molecule has 0 amide bonds. The zero-order valence-electron chi connectivity index (χ0n) is 9.38. The number of rotatable bonds is 1. The standard InChI is InChI=1S/C12H21NO/c1-10(2)13-7-11(3-4-11)8-14-9-12(13)5-6-12/h10H,3-9H2,1-2H3. The molecule has 2 nitrogen and oxygen atoms in total. The zero-order valence-corrected chi connectivity index (χ0v) is 9.38. The normalized spacial score (nSPS) is 33.6. The highest BCUT2D eigenvalue weighted by molar-refractivity contribution is 5.10. The molecule has 1 aliphatic heterocycles. The lowest BCUT2D eigenvalue weighted by atomic mass is 10.1. The molecule has 0 aromatic heterocycles. The van der Waals surface area contributed by atoms with Gasteiger partial charge in [0.15, 0.2) is 0 Å². The van der Waals surface area contributed by atoms with Gasteiger partial charge < -0.3 is 4.74 Å². The van der Waals surface area contributed by atoms with E-state index in [2.05, 4.69) is 18.7 Å². The van der Waals surface area contributed by atoms with Gasteiger partial charge in [-0.05, 0) is 39.5 Å². The Morgan fingerprint density at radius 3 is 2.29 bits per heavy atom. The Kier molecular flexibility index (Phi) is 1.79.